The zero-order chi connectivity index (χ0) is 13.8. The zero-order valence-corrected chi connectivity index (χ0v) is 13.6. The Bertz CT molecular complexity index is 301. The molecule has 0 aromatic heterocycles. The SMILES string of the molecule is CSC1CCCCC1NC1CCOC2(CCOCC2)C1. The van der Waals surface area contributed by atoms with Gasteiger partial charge in [-0.05, 0) is 44.8 Å². The lowest BCUT2D eigenvalue weighted by molar-refractivity contribution is -0.141. The molecular weight excluding hydrogens is 270 g/mol. The van der Waals surface area contributed by atoms with E-state index in [0.29, 0.717) is 6.04 Å². The number of hydrogen-bond donors (Lipinski definition) is 1. The molecule has 1 saturated carbocycles. The van der Waals surface area contributed by atoms with E-state index in [2.05, 4.69) is 23.3 Å². The van der Waals surface area contributed by atoms with Gasteiger partial charge >= 0.3 is 0 Å². The highest BCUT2D eigenvalue weighted by molar-refractivity contribution is 7.99. The smallest absolute Gasteiger partial charge is 0.0741 e. The largest absolute Gasteiger partial charge is 0.381 e. The topological polar surface area (TPSA) is 30.5 Å². The highest BCUT2D eigenvalue weighted by atomic mass is 32.2. The number of thioether (sulfide) groups is 1. The number of nitrogens with one attached hydrogen (secondary N) is 1. The lowest BCUT2D eigenvalue weighted by atomic mass is 9.83. The molecule has 2 aliphatic heterocycles. The van der Waals surface area contributed by atoms with Crippen molar-refractivity contribution in [2.45, 2.75) is 74.3 Å². The molecule has 3 nitrogen and oxygen atoms in total. The van der Waals surface area contributed by atoms with Crippen LogP contribution in [0.2, 0.25) is 0 Å². The first-order valence-corrected chi connectivity index (χ1v) is 9.61. The number of hydrogen-bond acceptors (Lipinski definition) is 4. The molecule has 0 bridgehead atoms. The Labute approximate surface area is 127 Å². The van der Waals surface area contributed by atoms with Crippen LogP contribution in [0.25, 0.3) is 0 Å². The van der Waals surface area contributed by atoms with E-state index in [9.17, 15) is 0 Å². The van der Waals surface area contributed by atoms with Gasteiger partial charge in [0.25, 0.3) is 0 Å². The van der Waals surface area contributed by atoms with E-state index < -0.39 is 0 Å². The Morgan fingerprint density at radius 3 is 2.65 bits per heavy atom. The van der Waals surface area contributed by atoms with Crippen molar-refractivity contribution in [3.8, 4) is 0 Å². The van der Waals surface area contributed by atoms with Crippen LogP contribution in [0, 0.1) is 0 Å². The van der Waals surface area contributed by atoms with E-state index in [-0.39, 0.29) is 5.60 Å². The van der Waals surface area contributed by atoms with Crippen LogP contribution < -0.4 is 5.32 Å². The predicted molar refractivity (Wildman–Crippen MR) is 84.5 cm³/mol. The lowest BCUT2D eigenvalue weighted by Crippen LogP contribution is -2.54. The van der Waals surface area contributed by atoms with E-state index in [1.807, 2.05) is 0 Å². The maximum atomic E-state index is 6.15. The fourth-order valence-corrected chi connectivity index (χ4v) is 5.08. The van der Waals surface area contributed by atoms with Gasteiger partial charge < -0.3 is 14.8 Å². The first kappa shape index (κ1) is 15.1. The molecule has 2 saturated heterocycles. The molecular formula is C16H29NO2S. The monoisotopic (exact) mass is 299 g/mol. The van der Waals surface area contributed by atoms with Gasteiger partial charge in [-0.3, -0.25) is 0 Å². The van der Waals surface area contributed by atoms with E-state index in [1.54, 1.807) is 0 Å². The first-order valence-electron chi connectivity index (χ1n) is 8.32. The van der Waals surface area contributed by atoms with Crippen molar-refractivity contribution < 1.29 is 9.47 Å². The van der Waals surface area contributed by atoms with E-state index in [4.69, 9.17) is 9.47 Å². The summed E-state index contributed by atoms with van der Waals surface area (Å²) >= 11 is 2.06. The molecule has 0 aromatic rings. The van der Waals surface area contributed by atoms with Crippen molar-refractivity contribution in [3.63, 3.8) is 0 Å². The van der Waals surface area contributed by atoms with Crippen LogP contribution in [0.4, 0.5) is 0 Å². The Hall–Kier alpha value is 0.230. The third-order valence-electron chi connectivity index (χ3n) is 5.35. The quantitative estimate of drug-likeness (QED) is 0.868. The number of ether oxygens (including phenoxy) is 2. The summed E-state index contributed by atoms with van der Waals surface area (Å²) in [4.78, 5) is 0. The minimum Gasteiger partial charge on any atom is -0.381 e. The molecule has 4 heteroatoms. The molecule has 1 spiro atoms. The Kier molecular flexibility index (Phi) is 5.29. The standard InChI is InChI=1S/C16H29NO2S/c1-20-15-5-3-2-4-14(15)17-13-6-9-19-16(12-13)7-10-18-11-8-16/h13-15,17H,2-12H2,1H3. The maximum absolute atomic E-state index is 6.15. The second-order valence-electron chi connectivity index (χ2n) is 6.67. The van der Waals surface area contributed by atoms with Crippen molar-refractivity contribution in [1.29, 1.82) is 0 Å². The van der Waals surface area contributed by atoms with Gasteiger partial charge in [0.05, 0.1) is 5.60 Å². The van der Waals surface area contributed by atoms with Gasteiger partial charge in [0.15, 0.2) is 0 Å². The van der Waals surface area contributed by atoms with Gasteiger partial charge in [0.2, 0.25) is 0 Å². The molecule has 3 unspecified atom stereocenters. The van der Waals surface area contributed by atoms with E-state index >= 15 is 0 Å². The summed E-state index contributed by atoms with van der Waals surface area (Å²) in [5, 5.41) is 4.81. The number of rotatable bonds is 3. The highest BCUT2D eigenvalue weighted by Crippen LogP contribution is 2.35. The summed E-state index contributed by atoms with van der Waals surface area (Å²) < 4.78 is 11.7. The molecule has 3 rings (SSSR count). The van der Waals surface area contributed by atoms with Crippen molar-refractivity contribution >= 4 is 11.8 Å². The maximum Gasteiger partial charge on any atom is 0.0741 e. The summed E-state index contributed by atoms with van der Waals surface area (Å²) in [6, 6.07) is 1.37. The van der Waals surface area contributed by atoms with Gasteiger partial charge in [-0.25, -0.2) is 0 Å². The molecule has 3 aliphatic rings. The summed E-state index contributed by atoms with van der Waals surface area (Å²) in [5.41, 5.74) is 0.123. The van der Waals surface area contributed by atoms with Gasteiger partial charge in [0.1, 0.15) is 0 Å². The molecule has 1 N–H and O–H groups in total. The van der Waals surface area contributed by atoms with Crippen LogP contribution in [-0.4, -0.2) is 49.0 Å². The highest BCUT2D eigenvalue weighted by Gasteiger charge is 2.40. The van der Waals surface area contributed by atoms with Crippen LogP contribution in [0.1, 0.15) is 51.4 Å². The second kappa shape index (κ2) is 6.99. The Morgan fingerprint density at radius 1 is 1.05 bits per heavy atom. The van der Waals surface area contributed by atoms with Crippen LogP contribution in [0.15, 0.2) is 0 Å². The molecule has 2 heterocycles. The lowest BCUT2D eigenvalue weighted by Gasteiger charge is -2.45. The minimum atomic E-state index is 0.123. The molecule has 0 aromatic carbocycles. The van der Waals surface area contributed by atoms with Gasteiger partial charge in [-0.2, -0.15) is 11.8 Å². The third-order valence-corrected chi connectivity index (χ3v) is 6.52. The average molecular weight is 299 g/mol. The van der Waals surface area contributed by atoms with Crippen LogP contribution in [0.5, 0.6) is 0 Å². The molecule has 20 heavy (non-hydrogen) atoms. The Morgan fingerprint density at radius 2 is 1.85 bits per heavy atom. The average Bonchev–Trinajstić information content (AvgIpc) is 2.49. The predicted octanol–water partition coefficient (Wildman–Crippen LogP) is 2.98. The van der Waals surface area contributed by atoms with Crippen molar-refractivity contribution in [1.82, 2.24) is 5.32 Å². The van der Waals surface area contributed by atoms with Crippen LogP contribution in [-0.2, 0) is 9.47 Å². The molecule has 116 valence electrons. The summed E-state index contributed by atoms with van der Waals surface area (Å²) in [5.74, 6) is 0. The fraction of sp³-hybridized carbons (Fsp3) is 1.00. The second-order valence-corrected chi connectivity index (χ2v) is 7.74. The van der Waals surface area contributed by atoms with Gasteiger partial charge in [0, 0.05) is 37.2 Å². The zero-order valence-electron chi connectivity index (χ0n) is 12.7. The van der Waals surface area contributed by atoms with E-state index in [0.717, 1.165) is 44.0 Å². The van der Waals surface area contributed by atoms with E-state index in [1.165, 1.54) is 38.5 Å². The molecule has 3 fully saturated rings. The van der Waals surface area contributed by atoms with Gasteiger partial charge in [-0.1, -0.05) is 12.8 Å². The van der Waals surface area contributed by atoms with Crippen LogP contribution in [0.3, 0.4) is 0 Å². The van der Waals surface area contributed by atoms with Crippen molar-refractivity contribution in [3.05, 3.63) is 0 Å². The molecule has 1 aliphatic carbocycles. The van der Waals surface area contributed by atoms with Crippen LogP contribution >= 0.6 is 11.8 Å². The molecule has 0 radical (unpaired) electrons. The first-order chi connectivity index (χ1) is 9.81. The third kappa shape index (κ3) is 3.52. The Balaban J connectivity index is 1.56. The molecule has 0 amide bonds. The minimum absolute atomic E-state index is 0.123. The summed E-state index contributed by atoms with van der Waals surface area (Å²) in [7, 11) is 0. The van der Waals surface area contributed by atoms with Crippen molar-refractivity contribution in [2.24, 2.45) is 0 Å². The van der Waals surface area contributed by atoms with Crippen molar-refractivity contribution in [2.75, 3.05) is 26.1 Å². The van der Waals surface area contributed by atoms with Gasteiger partial charge in [-0.15, -0.1) is 0 Å². The fourth-order valence-electron chi connectivity index (χ4n) is 4.13. The summed E-state index contributed by atoms with van der Waals surface area (Å²) in [6.45, 7) is 2.68. The normalized spacial score (nSPS) is 38.0. The summed E-state index contributed by atoms with van der Waals surface area (Å²) in [6.07, 6.45) is 12.4. The molecule has 3 atom stereocenters.